The van der Waals surface area contributed by atoms with Crippen LogP contribution >= 0.6 is 0 Å². The summed E-state index contributed by atoms with van der Waals surface area (Å²) in [7, 11) is 1.61. The number of halogens is 3. The Morgan fingerprint density at radius 1 is 1.35 bits per heavy atom. The average molecular weight is 248 g/mol. The van der Waals surface area contributed by atoms with Gasteiger partial charge in [-0.1, -0.05) is 13.3 Å². The van der Waals surface area contributed by atoms with Gasteiger partial charge in [-0.25, -0.2) is 4.98 Å². The fourth-order valence-electron chi connectivity index (χ4n) is 1.21. The van der Waals surface area contributed by atoms with Crippen molar-refractivity contribution in [2.24, 2.45) is 0 Å². The quantitative estimate of drug-likeness (QED) is 0.811. The van der Waals surface area contributed by atoms with E-state index >= 15 is 0 Å². The molecule has 0 spiro atoms. The molecule has 0 aliphatic heterocycles. The molecule has 6 heteroatoms. The fraction of sp³-hybridized carbons (Fsp3) is 0.545. The first-order valence-electron chi connectivity index (χ1n) is 5.37. The van der Waals surface area contributed by atoms with Crippen molar-refractivity contribution >= 4 is 5.69 Å². The highest BCUT2D eigenvalue weighted by molar-refractivity contribution is 5.52. The van der Waals surface area contributed by atoms with E-state index in [9.17, 15) is 13.2 Å². The molecule has 0 radical (unpaired) electrons. The number of unbranched alkanes of at least 4 members (excludes halogenated alkanes) is 1. The van der Waals surface area contributed by atoms with Crippen molar-refractivity contribution in [3.05, 3.63) is 17.8 Å². The topological polar surface area (TPSA) is 34.1 Å². The zero-order valence-electron chi connectivity index (χ0n) is 9.77. The predicted octanol–water partition coefficient (Wildman–Crippen LogP) is 3.32. The molecular weight excluding hydrogens is 233 g/mol. The summed E-state index contributed by atoms with van der Waals surface area (Å²) >= 11 is 0. The van der Waals surface area contributed by atoms with Crippen molar-refractivity contribution in [3.8, 4) is 5.88 Å². The molecule has 96 valence electrons. The first kappa shape index (κ1) is 13.6. The number of hydrogen-bond donors (Lipinski definition) is 1. The minimum atomic E-state index is -4.45. The molecule has 0 unspecified atom stereocenters. The average Bonchev–Trinajstić information content (AvgIpc) is 2.28. The van der Waals surface area contributed by atoms with Crippen LogP contribution in [0, 0.1) is 0 Å². The van der Waals surface area contributed by atoms with Gasteiger partial charge in [-0.15, -0.1) is 0 Å². The molecule has 1 aromatic rings. The number of ether oxygens (including phenoxy) is 1. The van der Waals surface area contributed by atoms with E-state index in [1.54, 1.807) is 7.05 Å². The van der Waals surface area contributed by atoms with E-state index in [4.69, 9.17) is 4.74 Å². The molecule has 0 amide bonds. The lowest BCUT2D eigenvalue weighted by atomic mass is 10.3. The lowest BCUT2D eigenvalue weighted by Gasteiger charge is -2.12. The number of rotatable bonds is 5. The minimum Gasteiger partial charge on any atom is -0.476 e. The lowest BCUT2D eigenvalue weighted by Crippen LogP contribution is -2.10. The van der Waals surface area contributed by atoms with Crippen molar-refractivity contribution in [3.63, 3.8) is 0 Å². The van der Waals surface area contributed by atoms with E-state index in [-0.39, 0.29) is 5.88 Å². The van der Waals surface area contributed by atoms with Crippen molar-refractivity contribution in [1.82, 2.24) is 4.98 Å². The molecule has 1 heterocycles. The van der Waals surface area contributed by atoms with Gasteiger partial charge in [-0.05, 0) is 18.6 Å². The number of nitrogens with one attached hydrogen (secondary N) is 1. The fourth-order valence-corrected chi connectivity index (χ4v) is 1.21. The molecule has 1 aromatic heterocycles. The molecule has 0 aliphatic carbocycles. The molecule has 0 saturated carbocycles. The molecule has 0 fully saturated rings. The van der Waals surface area contributed by atoms with E-state index in [0.717, 1.165) is 18.9 Å². The monoisotopic (exact) mass is 248 g/mol. The molecule has 0 saturated heterocycles. The molecule has 1 N–H and O–H groups in total. The van der Waals surface area contributed by atoms with Crippen molar-refractivity contribution < 1.29 is 17.9 Å². The van der Waals surface area contributed by atoms with Gasteiger partial charge >= 0.3 is 6.18 Å². The Balaban J connectivity index is 2.90. The van der Waals surface area contributed by atoms with Gasteiger partial charge in [0.05, 0.1) is 12.3 Å². The molecule has 1 rings (SSSR count). The third-order valence-electron chi connectivity index (χ3n) is 2.16. The maximum atomic E-state index is 12.5. The Kier molecular flexibility index (Phi) is 4.60. The summed E-state index contributed by atoms with van der Waals surface area (Å²) in [6.07, 6.45) is -2.76. The standard InChI is InChI=1S/C11H15F3N2O/c1-3-4-7-17-10-8(15-2)5-6-9(16-10)11(12,13)14/h5-6,15H,3-4,7H2,1-2H3. The van der Waals surface area contributed by atoms with Gasteiger partial charge < -0.3 is 10.1 Å². The van der Waals surface area contributed by atoms with Crippen LogP contribution in [0.15, 0.2) is 12.1 Å². The normalized spacial score (nSPS) is 11.4. The molecule has 0 aliphatic rings. The highest BCUT2D eigenvalue weighted by Gasteiger charge is 2.33. The zero-order chi connectivity index (χ0) is 12.9. The third kappa shape index (κ3) is 3.80. The Hall–Kier alpha value is -1.46. The van der Waals surface area contributed by atoms with Crippen LogP contribution in [0.5, 0.6) is 5.88 Å². The van der Waals surface area contributed by atoms with Crippen LogP contribution in [0.25, 0.3) is 0 Å². The molecule has 3 nitrogen and oxygen atoms in total. The van der Waals surface area contributed by atoms with E-state index in [1.165, 1.54) is 6.07 Å². The first-order chi connectivity index (χ1) is 7.99. The van der Waals surface area contributed by atoms with Crippen LogP contribution in [-0.2, 0) is 6.18 Å². The van der Waals surface area contributed by atoms with Crippen LogP contribution in [0.4, 0.5) is 18.9 Å². The lowest BCUT2D eigenvalue weighted by molar-refractivity contribution is -0.141. The van der Waals surface area contributed by atoms with Gasteiger partial charge in [0, 0.05) is 7.05 Å². The summed E-state index contributed by atoms with van der Waals surface area (Å²) in [6.45, 7) is 2.33. The van der Waals surface area contributed by atoms with Gasteiger partial charge in [0.2, 0.25) is 5.88 Å². The third-order valence-corrected chi connectivity index (χ3v) is 2.16. The van der Waals surface area contributed by atoms with Gasteiger partial charge in [-0.2, -0.15) is 13.2 Å². The maximum absolute atomic E-state index is 12.5. The van der Waals surface area contributed by atoms with Crippen molar-refractivity contribution in [2.45, 2.75) is 25.9 Å². The summed E-state index contributed by atoms with van der Waals surface area (Å²) in [5.41, 5.74) is -0.489. The summed E-state index contributed by atoms with van der Waals surface area (Å²) in [4.78, 5) is 3.48. The largest absolute Gasteiger partial charge is 0.476 e. The molecule has 17 heavy (non-hydrogen) atoms. The van der Waals surface area contributed by atoms with Gasteiger partial charge in [0.1, 0.15) is 5.69 Å². The number of nitrogens with zero attached hydrogens (tertiary/aromatic N) is 1. The smallest absolute Gasteiger partial charge is 0.433 e. The van der Waals surface area contributed by atoms with Crippen molar-refractivity contribution in [2.75, 3.05) is 19.0 Å². The summed E-state index contributed by atoms with van der Waals surface area (Å²) in [5.74, 6) is -0.00391. The second-order valence-electron chi connectivity index (χ2n) is 3.50. The number of aromatic nitrogens is 1. The Morgan fingerprint density at radius 2 is 2.06 bits per heavy atom. The van der Waals surface area contributed by atoms with Gasteiger partial charge in [0.15, 0.2) is 0 Å². The van der Waals surface area contributed by atoms with E-state index in [1.807, 2.05) is 6.92 Å². The highest BCUT2D eigenvalue weighted by Crippen LogP contribution is 2.31. The van der Waals surface area contributed by atoms with E-state index in [0.29, 0.717) is 12.3 Å². The Labute approximate surface area is 98.0 Å². The minimum absolute atomic E-state index is 0.00391. The second kappa shape index (κ2) is 5.75. The predicted molar refractivity (Wildman–Crippen MR) is 59.2 cm³/mol. The molecule has 0 atom stereocenters. The molecule has 0 aromatic carbocycles. The van der Waals surface area contributed by atoms with Gasteiger partial charge in [0.25, 0.3) is 0 Å². The number of alkyl halides is 3. The first-order valence-corrected chi connectivity index (χ1v) is 5.37. The van der Waals surface area contributed by atoms with Crippen LogP contribution < -0.4 is 10.1 Å². The number of anilines is 1. The number of hydrogen-bond acceptors (Lipinski definition) is 3. The SMILES string of the molecule is CCCCOc1nc(C(F)(F)F)ccc1NC. The summed E-state index contributed by atoms with van der Waals surface area (Å²) in [5, 5.41) is 2.75. The Morgan fingerprint density at radius 3 is 2.59 bits per heavy atom. The van der Waals surface area contributed by atoms with Crippen LogP contribution in [-0.4, -0.2) is 18.6 Å². The highest BCUT2D eigenvalue weighted by atomic mass is 19.4. The maximum Gasteiger partial charge on any atom is 0.433 e. The summed E-state index contributed by atoms with van der Waals surface area (Å²) in [6, 6.07) is 2.25. The molecule has 0 bridgehead atoms. The van der Waals surface area contributed by atoms with Crippen molar-refractivity contribution in [1.29, 1.82) is 0 Å². The van der Waals surface area contributed by atoms with E-state index in [2.05, 4.69) is 10.3 Å². The zero-order valence-corrected chi connectivity index (χ0v) is 9.77. The second-order valence-corrected chi connectivity index (χ2v) is 3.50. The number of pyridine rings is 1. The Bertz CT molecular complexity index is 366. The molecular formula is C11H15F3N2O. The van der Waals surface area contributed by atoms with Gasteiger partial charge in [-0.3, -0.25) is 0 Å². The summed E-state index contributed by atoms with van der Waals surface area (Å²) < 4.78 is 42.6. The van der Waals surface area contributed by atoms with Crippen LogP contribution in [0.2, 0.25) is 0 Å². The van der Waals surface area contributed by atoms with Crippen LogP contribution in [0.1, 0.15) is 25.5 Å². The van der Waals surface area contributed by atoms with E-state index < -0.39 is 11.9 Å². The van der Waals surface area contributed by atoms with Crippen LogP contribution in [0.3, 0.4) is 0 Å².